The largest absolute Gasteiger partial charge is 0.507 e. The van der Waals surface area contributed by atoms with E-state index >= 15 is 0 Å². The molecule has 0 unspecified atom stereocenters. The van der Waals surface area contributed by atoms with Gasteiger partial charge in [0.2, 0.25) is 0 Å². The number of carbonyl (C=O) groups is 1. The van der Waals surface area contributed by atoms with Gasteiger partial charge < -0.3 is 5.11 Å². The molecule has 1 aliphatic carbocycles. The van der Waals surface area contributed by atoms with Crippen molar-refractivity contribution in [3.63, 3.8) is 0 Å². The molecule has 1 aliphatic rings. The third kappa shape index (κ3) is 4.30. The number of amides is 1. The Bertz CT molecular complexity index is 1460. The van der Waals surface area contributed by atoms with E-state index in [1.54, 1.807) is 60.1 Å². The molecule has 0 saturated heterocycles. The van der Waals surface area contributed by atoms with Crippen molar-refractivity contribution >= 4 is 56.3 Å². The molecule has 0 aliphatic heterocycles. The predicted molar refractivity (Wildman–Crippen MR) is 138 cm³/mol. The van der Waals surface area contributed by atoms with Gasteiger partial charge in [-0.3, -0.25) is 14.2 Å². The van der Waals surface area contributed by atoms with Gasteiger partial charge in [-0.1, -0.05) is 0 Å². The van der Waals surface area contributed by atoms with Gasteiger partial charge in [-0.15, -0.1) is 11.3 Å². The molecule has 0 atom stereocenters. The molecule has 4 aromatic rings. The van der Waals surface area contributed by atoms with Crippen LogP contribution in [0.25, 0.3) is 15.9 Å². The van der Waals surface area contributed by atoms with E-state index in [0.717, 1.165) is 47.0 Å². The number of phenolic OH excluding ortho intramolecular Hbond substituents is 1. The van der Waals surface area contributed by atoms with Crippen LogP contribution in [0.15, 0.2) is 58.7 Å². The Labute approximate surface area is 206 Å². The first-order valence-corrected chi connectivity index (χ1v) is 12.3. The van der Waals surface area contributed by atoms with Crippen molar-refractivity contribution in [3.05, 3.63) is 84.3 Å². The summed E-state index contributed by atoms with van der Waals surface area (Å²) in [7, 11) is 0. The minimum Gasteiger partial charge on any atom is -0.507 e. The summed E-state index contributed by atoms with van der Waals surface area (Å²) in [5, 5.41) is 14.3. The van der Waals surface area contributed by atoms with Gasteiger partial charge in [-0.2, -0.15) is 5.10 Å². The lowest BCUT2D eigenvalue weighted by atomic mass is 9.97. The number of aromatic hydroxyl groups is 1. The van der Waals surface area contributed by atoms with E-state index < -0.39 is 0 Å². The second-order valence-electron chi connectivity index (χ2n) is 7.77. The number of fused-ring (bicyclic) bond motifs is 3. The fourth-order valence-electron chi connectivity index (χ4n) is 3.94. The van der Waals surface area contributed by atoms with Gasteiger partial charge in [-0.05, 0) is 102 Å². The van der Waals surface area contributed by atoms with Crippen LogP contribution in [0.3, 0.4) is 0 Å². The zero-order valence-electron chi connectivity index (χ0n) is 17.4. The van der Waals surface area contributed by atoms with E-state index in [-0.39, 0.29) is 17.2 Å². The van der Waals surface area contributed by atoms with Gasteiger partial charge in [0.25, 0.3) is 11.5 Å². The minimum absolute atomic E-state index is 0.0651. The van der Waals surface area contributed by atoms with Crippen molar-refractivity contribution in [1.82, 2.24) is 15.0 Å². The van der Waals surface area contributed by atoms with Crippen LogP contribution in [0.1, 0.15) is 39.2 Å². The number of hydrogen-bond donors (Lipinski definition) is 2. The summed E-state index contributed by atoms with van der Waals surface area (Å²) in [5.41, 5.74) is 5.42. The number of aromatic nitrogens is 2. The number of hydrazone groups is 1. The van der Waals surface area contributed by atoms with Gasteiger partial charge in [0, 0.05) is 10.4 Å². The number of nitrogens with zero attached hydrogens (tertiary/aromatic N) is 3. The molecule has 7 nitrogen and oxygen atoms in total. The SMILES string of the molecule is O=C(N/N=C\c1ccc(O)c(I)c1)c1ccc(-n2cnc3sc4c(c3c2=O)CCCC4)cc1. The highest BCUT2D eigenvalue weighted by molar-refractivity contribution is 14.1. The maximum Gasteiger partial charge on any atom is 0.271 e. The molecule has 0 spiro atoms. The molecule has 0 radical (unpaired) electrons. The molecule has 0 saturated carbocycles. The summed E-state index contributed by atoms with van der Waals surface area (Å²) in [6.07, 6.45) is 7.29. The fourth-order valence-corrected chi connectivity index (χ4v) is 5.70. The van der Waals surface area contributed by atoms with Crippen molar-refractivity contribution in [3.8, 4) is 11.4 Å². The lowest BCUT2D eigenvalue weighted by molar-refractivity contribution is 0.0955. The Balaban J connectivity index is 1.35. The second-order valence-corrected chi connectivity index (χ2v) is 10.0. The van der Waals surface area contributed by atoms with Gasteiger partial charge >= 0.3 is 0 Å². The summed E-state index contributed by atoms with van der Waals surface area (Å²) in [5.74, 6) is -0.164. The lowest BCUT2D eigenvalue weighted by Gasteiger charge is -2.10. The van der Waals surface area contributed by atoms with Crippen molar-refractivity contribution in [1.29, 1.82) is 0 Å². The molecule has 2 N–H and O–H groups in total. The van der Waals surface area contributed by atoms with Crippen LogP contribution in [0, 0.1) is 3.57 Å². The van der Waals surface area contributed by atoms with E-state index in [1.165, 1.54) is 15.7 Å². The molecule has 166 valence electrons. The standard InChI is InChI=1S/C24H19IN4O3S/c25-18-11-14(5-10-19(18)30)12-27-28-22(31)15-6-8-16(9-7-15)29-13-26-23-21(24(29)32)17-3-1-2-4-20(17)33-23/h5-13,30H,1-4H2,(H,28,31)/b27-12-. The highest BCUT2D eigenvalue weighted by atomic mass is 127. The zero-order chi connectivity index (χ0) is 22.9. The summed E-state index contributed by atoms with van der Waals surface area (Å²) < 4.78 is 2.24. The average Bonchev–Trinajstić information content (AvgIpc) is 3.21. The van der Waals surface area contributed by atoms with Crippen LogP contribution >= 0.6 is 33.9 Å². The average molecular weight is 570 g/mol. The molecule has 2 aromatic heterocycles. The van der Waals surface area contributed by atoms with E-state index in [1.807, 2.05) is 22.6 Å². The number of halogens is 1. The first-order chi connectivity index (χ1) is 16.0. The molecule has 33 heavy (non-hydrogen) atoms. The van der Waals surface area contributed by atoms with Crippen molar-refractivity contribution in [2.75, 3.05) is 0 Å². The smallest absolute Gasteiger partial charge is 0.271 e. The van der Waals surface area contributed by atoms with Crippen LogP contribution < -0.4 is 11.0 Å². The Hall–Kier alpha value is -3.05. The van der Waals surface area contributed by atoms with E-state index in [2.05, 4.69) is 15.5 Å². The van der Waals surface area contributed by atoms with Crippen LogP contribution in [0.5, 0.6) is 5.75 Å². The Morgan fingerprint density at radius 3 is 2.76 bits per heavy atom. The number of benzene rings is 2. The predicted octanol–water partition coefficient (Wildman–Crippen LogP) is 4.40. The quantitative estimate of drug-likeness (QED) is 0.216. The van der Waals surface area contributed by atoms with E-state index in [4.69, 9.17) is 0 Å². The van der Waals surface area contributed by atoms with Crippen molar-refractivity contribution < 1.29 is 9.90 Å². The molecule has 1 amide bonds. The highest BCUT2D eigenvalue weighted by Gasteiger charge is 2.20. The number of hydrogen-bond acceptors (Lipinski definition) is 6. The molecular weight excluding hydrogens is 551 g/mol. The molecule has 9 heteroatoms. The van der Waals surface area contributed by atoms with Gasteiger partial charge in [0.05, 0.1) is 20.9 Å². The fraction of sp³-hybridized carbons (Fsp3) is 0.167. The molecular formula is C24H19IN4O3S. The Morgan fingerprint density at radius 1 is 1.18 bits per heavy atom. The first kappa shape index (κ1) is 21.8. The Kier molecular flexibility index (Phi) is 5.98. The van der Waals surface area contributed by atoms with Crippen molar-refractivity contribution in [2.24, 2.45) is 5.10 Å². The third-order valence-electron chi connectivity index (χ3n) is 5.63. The van der Waals surface area contributed by atoms with Crippen LogP contribution in [-0.4, -0.2) is 26.8 Å². The summed E-state index contributed by atoms with van der Waals surface area (Å²) in [6, 6.07) is 11.8. The van der Waals surface area contributed by atoms with E-state index in [0.29, 0.717) is 14.8 Å². The molecule has 0 fully saturated rings. The Morgan fingerprint density at radius 2 is 1.97 bits per heavy atom. The van der Waals surface area contributed by atoms with Gasteiger partial charge in [0.1, 0.15) is 16.9 Å². The molecule has 2 aromatic carbocycles. The number of aryl methyl sites for hydroxylation is 2. The first-order valence-electron chi connectivity index (χ1n) is 10.5. The molecule has 5 rings (SSSR count). The van der Waals surface area contributed by atoms with Crippen LogP contribution in [-0.2, 0) is 12.8 Å². The number of thiophene rings is 1. The number of nitrogens with one attached hydrogen (secondary N) is 1. The number of carbonyl (C=O) groups excluding carboxylic acids is 1. The maximum atomic E-state index is 13.2. The number of rotatable bonds is 4. The number of phenols is 1. The van der Waals surface area contributed by atoms with Gasteiger partial charge in [-0.25, -0.2) is 10.4 Å². The summed E-state index contributed by atoms with van der Waals surface area (Å²) in [4.78, 5) is 32.3. The van der Waals surface area contributed by atoms with E-state index in [9.17, 15) is 14.7 Å². The topological polar surface area (TPSA) is 96.6 Å². The maximum absolute atomic E-state index is 13.2. The highest BCUT2D eigenvalue weighted by Crippen LogP contribution is 2.33. The molecule has 2 heterocycles. The monoisotopic (exact) mass is 570 g/mol. The van der Waals surface area contributed by atoms with Crippen molar-refractivity contribution in [2.45, 2.75) is 25.7 Å². The summed E-state index contributed by atoms with van der Waals surface area (Å²) >= 11 is 3.65. The molecule has 0 bridgehead atoms. The zero-order valence-corrected chi connectivity index (χ0v) is 20.4. The lowest BCUT2D eigenvalue weighted by Crippen LogP contribution is -2.20. The van der Waals surface area contributed by atoms with Crippen LogP contribution in [0.4, 0.5) is 0 Å². The van der Waals surface area contributed by atoms with Crippen LogP contribution in [0.2, 0.25) is 0 Å². The van der Waals surface area contributed by atoms with Gasteiger partial charge in [0.15, 0.2) is 0 Å². The minimum atomic E-state index is -0.362. The second kappa shape index (κ2) is 9.06. The normalized spacial score (nSPS) is 13.4. The summed E-state index contributed by atoms with van der Waals surface area (Å²) in [6.45, 7) is 0. The third-order valence-corrected chi connectivity index (χ3v) is 7.70.